The summed E-state index contributed by atoms with van der Waals surface area (Å²) in [5.41, 5.74) is 2.89. The Kier molecular flexibility index (Phi) is 4.00. The normalized spacial score (nSPS) is 22.1. The van der Waals surface area contributed by atoms with Crippen molar-refractivity contribution >= 4 is 5.91 Å². The highest BCUT2D eigenvalue weighted by Crippen LogP contribution is 2.22. The number of hydrogen-bond donors (Lipinski definition) is 3. The molecule has 1 aliphatic heterocycles. The van der Waals surface area contributed by atoms with E-state index >= 15 is 0 Å². The Hall–Kier alpha value is -1.37. The van der Waals surface area contributed by atoms with Crippen molar-refractivity contribution in [1.82, 2.24) is 10.3 Å². The standard InChI is InChI=1S/C12H19N3O3/c1-8(16)9-2-4-15(6-9)7-10-3-5-18-11(10)12(17)14-13/h3,5,8-9,16H,2,4,6-7,13H2,1H3,(H,14,17). The smallest absolute Gasteiger partial charge is 0.301 e. The van der Waals surface area contributed by atoms with Gasteiger partial charge in [-0.1, -0.05) is 0 Å². The van der Waals surface area contributed by atoms with Gasteiger partial charge in [0.1, 0.15) is 0 Å². The number of nitrogens with zero attached hydrogens (tertiary/aromatic N) is 1. The molecule has 0 spiro atoms. The summed E-state index contributed by atoms with van der Waals surface area (Å²) in [5, 5.41) is 9.55. The van der Waals surface area contributed by atoms with Gasteiger partial charge in [-0.2, -0.15) is 0 Å². The van der Waals surface area contributed by atoms with E-state index in [9.17, 15) is 9.90 Å². The number of amides is 1. The molecule has 1 aliphatic rings. The maximum Gasteiger partial charge on any atom is 0.301 e. The molecule has 2 heterocycles. The van der Waals surface area contributed by atoms with Crippen LogP contribution in [0.3, 0.4) is 0 Å². The number of hydrazine groups is 1. The first-order valence-corrected chi connectivity index (χ1v) is 6.09. The molecule has 1 saturated heterocycles. The largest absolute Gasteiger partial charge is 0.459 e. The highest BCUT2D eigenvalue weighted by Gasteiger charge is 2.27. The van der Waals surface area contributed by atoms with Crippen molar-refractivity contribution in [3.05, 3.63) is 23.7 Å². The van der Waals surface area contributed by atoms with Crippen LogP contribution in [0.4, 0.5) is 0 Å². The van der Waals surface area contributed by atoms with Crippen LogP contribution in [0.25, 0.3) is 0 Å². The zero-order chi connectivity index (χ0) is 13.1. The molecular weight excluding hydrogens is 234 g/mol. The van der Waals surface area contributed by atoms with Gasteiger partial charge in [-0.05, 0) is 31.9 Å². The lowest BCUT2D eigenvalue weighted by Crippen LogP contribution is -2.31. The summed E-state index contributed by atoms with van der Waals surface area (Å²) in [6.45, 7) is 4.22. The fraction of sp³-hybridized carbons (Fsp3) is 0.583. The van der Waals surface area contributed by atoms with Crippen molar-refractivity contribution in [2.24, 2.45) is 11.8 Å². The summed E-state index contributed by atoms with van der Waals surface area (Å²) >= 11 is 0. The van der Waals surface area contributed by atoms with E-state index in [0.29, 0.717) is 12.5 Å². The number of aliphatic hydroxyl groups excluding tert-OH is 1. The van der Waals surface area contributed by atoms with E-state index in [1.54, 1.807) is 6.07 Å². The number of hydrogen-bond acceptors (Lipinski definition) is 5. The molecule has 1 amide bonds. The summed E-state index contributed by atoms with van der Waals surface area (Å²) in [6, 6.07) is 1.78. The van der Waals surface area contributed by atoms with Gasteiger partial charge in [-0.25, -0.2) is 5.84 Å². The maximum absolute atomic E-state index is 11.5. The van der Waals surface area contributed by atoms with Crippen LogP contribution in [0.15, 0.2) is 16.7 Å². The molecule has 0 bridgehead atoms. The Bertz CT molecular complexity index is 416. The number of carbonyl (C=O) groups is 1. The van der Waals surface area contributed by atoms with Gasteiger partial charge in [0.05, 0.1) is 12.4 Å². The second kappa shape index (κ2) is 5.51. The van der Waals surface area contributed by atoms with Crippen molar-refractivity contribution in [2.45, 2.75) is 26.0 Å². The van der Waals surface area contributed by atoms with Crippen molar-refractivity contribution < 1.29 is 14.3 Å². The minimum atomic E-state index is -0.415. The van der Waals surface area contributed by atoms with Crippen LogP contribution in [-0.4, -0.2) is 35.1 Å². The molecule has 18 heavy (non-hydrogen) atoms. The number of nitrogen functional groups attached to an aromatic ring is 1. The van der Waals surface area contributed by atoms with Crippen molar-refractivity contribution in [3.63, 3.8) is 0 Å². The van der Waals surface area contributed by atoms with E-state index < -0.39 is 5.91 Å². The third-order valence-corrected chi connectivity index (χ3v) is 3.47. The van der Waals surface area contributed by atoms with Gasteiger partial charge in [0.2, 0.25) is 0 Å². The second-order valence-corrected chi connectivity index (χ2v) is 4.77. The van der Waals surface area contributed by atoms with Gasteiger partial charge in [0.15, 0.2) is 5.76 Å². The molecule has 6 heteroatoms. The Morgan fingerprint density at radius 2 is 2.56 bits per heavy atom. The van der Waals surface area contributed by atoms with Gasteiger partial charge in [-0.15, -0.1) is 0 Å². The quantitative estimate of drug-likeness (QED) is 0.402. The van der Waals surface area contributed by atoms with Gasteiger partial charge >= 0.3 is 5.91 Å². The molecule has 1 fully saturated rings. The van der Waals surface area contributed by atoms with E-state index in [4.69, 9.17) is 10.3 Å². The molecule has 1 aromatic heterocycles. The zero-order valence-corrected chi connectivity index (χ0v) is 10.4. The highest BCUT2D eigenvalue weighted by atomic mass is 16.3. The first-order valence-electron chi connectivity index (χ1n) is 6.09. The fourth-order valence-electron chi connectivity index (χ4n) is 2.37. The van der Waals surface area contributed by atoms with Gasteiger partial charge in [0.25, 0.3) is 0 Å². The van der Waals surface area contributed by atoms with E-state index in [-0.39, 0.29) is 11.9 Å². The van der Waals surface area contributed by atoms with Crippen LogP contribution in [0, 0.1) is 5.92 Å². The number of aliphatic hydroxyl groups is 1. The molecule has 2 unspecified atom stereocenters. The Labute approximate surface area is 106 Å². The Morgan fingerprint density at radius 3 is 3.17 bits per heavy atom. The molecular formula is C12H19N3O3. The van der Waals surface area contributed by atoms with Crippen molar-refractivity contribution in [1.29, 1.82) is 0 Å². The summed E-state index contributed by atoms with van der Waals surface area (Å²) in [4.78, 5) is 13.7. The van der Waals surface area contributed by atoms with Crippen LogP contribution in [0.2, 0.25) is 0 Å². The van der Waals surface area contributed by atoms with Crippen LogP contribution >= 0.6 is 0 Å². The third kappa shape index (κ3) is 2.72. The molecule has 0 aromatic carbocycles. The highest BCUT2D eigenvalue weighted by molar-refractivity contribution is 5.92. The molecule has 4 N–H and O–H groups in total. The number of likely N-dealkylation sites (tertiary alicyclic amines) is 1. The van der Waals surface area contributed by atoms with E-state index in [1.165, 1.54) is 6.26 Å². The molecule has 1 aromatic rings. The minimum absolute atomic E-state index is 0.262. The van der Waals surface area contributed by atoms with Gasteiger partial charge < -0.3 is 9.52 Å². The zero-order valence-electron chi connectivity index (χ0n) is 10.4. The van der Waals surface area contributed by atoms with Crippen LogP contribution in [0.5, 0.6) is 0 Å². The van der Waals surface area contributed by atoms with Crippen molar-refractivity contribution in [2.75, 3.05) is 13.1 Å². The first-order chi connectivity index (χ1) is 8.61. The summed E-state index contributed by atoms with van der Waals surface area (Å²) in [7, 11) is 0. The summed E-state index contributed by atoms with van der Waals surface area (Å²) in [6.07, 6.45) is 2.18. The van der Waals surface area contributed by atoms with Crippen LogP contribution < -0.4 is 11.3 Å². The molecule has 0 radical (unpaired) electrons. The second-order valence-electron chi connectivity index (χ2n) is 4.77. The molecule has 0 saturated carbocycles. The molecule has 0 aliphatic carbocycles. The van der Waals surface area contributed by atoms with Crippen molar-refractivity contribution in [3.8, 4) is 0 Å². The third-order valence-electron chi connectivity index (χ3n) is 3.47. The Morgan fingerprint density at radius 1 is 1.78 bits per heavy atom. The SMILES string of the molecule is CC(O)C1CCN(Cc2ccoc2C(=O)NN)C1. The molecule has 6 nitrogen and oxygen atoms in total. The lowest BCUT2D eigenvalue weighted by atomic mass is 10.0. The monoisotopic (exact) mass is 253 g/mol. The van der Waals surface area contributed by atoms with E-state index in [2.05, 4.69) is 10.3 Å². The summed E-state index contributed by atoms with van der Waals surface area (Å²) in [5.74, 6) is 5.25. The number of carbonyl (C=O) groups excluding carboxylic acids is 1. The summed E-state index contributed by atoms with van der Waals surface area (Å²) < 4.78 is 5.13. The molecule has 2 rings (SSSR count). The average Bonchev–Trinajstić information content (AvgIpc) is 2.97. The molecule has 100 valence electrons. The number of nitrogens with one attached hydrogen (secondary N) is 1. The Balaban J connectivity index is 1.99. The van der Waals surface area contributed by atoms with Gasteiger partial charge in [-0.3, -0.25) is 15.1 Å². The number of furan rings is 1. The lowest BCUT2D eigenvalue weighted by Gasteiger charge is -2.16. The minimum Gasteiger partial charge on any atom is -0.459 e. The topological polar surface area (TPSA) is 91.7 Å². The average molecular weight is 253 g/mol. The number of rotatable bonds is 4. The van der Waals surface area contributed by atoms with E-state index in [1.807, 2.05) is 6.92 Å². The maximum atomic E-state index is 11.5. The fourth-order valence-corrected chi connectivity index (χ4v) is 2.37. The van der Waals surface area contributed by atoms with Gasteiger partial charge in [0, 0.05) is 18.7 Å². The predicted molar refractivity (Wildman–Crippen MR) is 65.4 cm³/mol. The number of nitrogens with two attached hydrogens (primary N) is 1. The molecule has 2 atom stereocenters. The lowest BCUT2D eigenvalue weighted by molar-refractivity contribution is 0.0922. The predicted octanol–water partition coefficient (Wildman–Crippen LogP) is 0.0858. The van der Waals surface area contributed by atoms with Crippen LogP contribution in [0.1, 0.15) is 29.5 Å². The van der Waals surface area contributed by atoms with E-state index in [0.717, 1.165) is 25.1 Å². The van der Waals surface area contributed by atoms with Crippen LogP contribution in [-0.2, 0) is 6.54 Å². The first kappa shape index (κ1) is 13.1.